The highest BCUT2D eigenvalue weighted by molar-refractivity contribution is 5.99. The molecule has 0 fully saturated rings. The van der Waals surface area contributed by atoms with Gasteiger partial charge in [-0.05, 0) is 31.0 Å². The molecule has 2 rings (SSSR count). The van der Waals surface area contributed by atoms with Gasteiger partial charge in [-0.3, -0.25) is 14.6 Å². The first-order valence-corrected chi connectivity index (χ1v) is 7.78. The normalized spacial score (nSPS) is 10.9. The summed E-state index contributed by atoms with van der Waals surface area (Å²) in [5.74, 6) is -0.471. The Morgan fingerprint density at radius 2 is 2.00 bits per heavy atom. The second-order valence-corrected chi connectivity index (χ2v) is 6.15. The van der Waals surface area contributed by atoms with Gasteiger partial charge in [0.05, 0.1) is 23.9 Å². The van der Waals surface area contributed by atoms with Gasteiger partial charge in [-0.2, -0.15) is 0 Å². The molecule has 0 bridgehead atoms. The second-order valence-electron chi connectivity index (χ2n) is 6.15. The van der Waals surface area contributed by atoms with Gasteiger partial charge in [0, 0.05) is 18.0 Å². The number of benzene rings is 1. The van der Waals surface area contributed by atoms with E-state index in [9.17, 15) is 9.59 Å². The van der Waals surface area contributed by atoms with Gasteiger partial charge in [-0.15, -0.1) is 0 Å². The number of hydrogen-bond donors (Lipinski definition) is 1. The number of pyridine rings is 1. The lowest BCUT2D eigenvalue weighted by molar-refractivity contribution is -0.137. The molecule has 1 amide bonds. The number of aryl methyl sites for hydroxylation is 1. The lowest BCUT2D eigenvalue weighted by Gasteiger charge is -2.23. The number of amides is 1. The average molecular weight is 330 g/mol. The van der Waals surface area contributed by atoms with Crippen LogP contribution >= 0.6 is 0 Å². The molecule has 0 spiro atoms. The SMILES string of the molecule is COc1ccc2cc(C(=O)N(CC(=O)O)CC(C)C)c(C)nc2c1. The van der Waals surface area contributed by atoms with Crippen LogP contribution in [0.4, 0.5) is 0 Å². The van der Waals surface area contributed by atoms with E-state index in [1.807, 2.05) is 19.9 Å². The summed E-state index contributed by atoms with van der Waals surface area (Å²) in [6.45, 7) is 5.70. The molecule has 0 aliphatic heterocycles. The van der Waals surface area contributed by atoms with Crippen molar-refractivity contribution in [1.82, 2.24) is 9.88 Å². The molecule has 0 atom stereocenters. The number of nitrogens with zero attached hydrogens (tertiary/aromatic N) is 2. The predicted molar refractivity (Wildman–Crippen MR) is 91.4 cm³/mol. The van der Waals surface area contributed by atoms with Gasteiger partial charge in [-0.1, -0.05) is 13.8 Å². The van der Waals surface area contributed by atoms with E-state index in [1.54, 1.807) is 32.2 Å². The molecule has 1 N–H and O–H groups in total. The molecule has 0 radical (unpaired) electrons. The molecule has 0 aliphatic rings. The van der Waals surface area contributed by atoms with Crippen LogP contribution in [-0.4, -0.2) is 47.1 Å². The Morgan fingerprint density at radius 1 is 1.29 bits per heavy atom. The van der Waals surface area contributed by atoms with Crippen LogP contribution < -0.4 is 4.74 Å². The molecule has 1 aromatic carbocycles. The van der Waals surface area contributed by atoms with E-state index in [1.165, 1.54) is 4.90 Å². The van der Waals surface area contributed by atoms with Crippen LogP contribution in [0.25, 0.3) is 10.9 Å². The maximum absolute atomic E-state index is 12.8. The summed E-state index contributed by atoms with van der Waals surface area (Å²) >= 11 is 0. The van der Waals surface area contributed by atoms with Crippen molar-refractivity contribution >= 4 is 22.8 Å². The van der Waals surface area contributed by atoms with E-state index >= 15 is 0 Å². The largest absolute Gasteiger partial charge is 0.497 e. The number of fused-ring (bicyclic) bond motifs is 1. The van der Waals surface area contributed by atoms with E-state index in [4.69, 9.17) is 9.84 Å². The number of carboxylic acid groups (broad SMARTS) is 1. The van der Waals surface area contributed by atoms with Crippen molar-refractivity contribution in [3.05, 3.63) is 35.5 Å². The highest BCUT2D eigenvalue weighted by atomic mass is 16.5. The maximum Gasteiger partial charge on any atom is 0.323 e. The van der Waals surface area contributed by atoms with Crippen LogP contribution in [0.1, 0.15) is 29.9 Å². The van der Waals surface area contributed by atoms with E-state index in [0.717, 1.165) is 10.9 Å². The summed E-state index contributed by atoms with van der Waals surface area (Å²) < 4.78 is 5.19. The van der Waals surface area contributed by atoms with Crippen LogP contribution in [0.3, 0.4) is 0 Å². The fourth-order valence-corrected chi connectivity index (χ4v) is 2.58. The standard InChI is InChI=1S/C18H22N2O4/c1-11(2)9-20(10-17(21)22)18(23)15-7-13-5-6-14(24-4)8-16(13)19-12(15)3/h5-8,11H,9-10H2,1-4H3,(H,21,22). The van der Waals surface area contributed by atoms with Crippen LogP contribution in [0.15, 0.2) is 24.3 Å². The Morgan fingerprint density at radius 3 is 2.58 bits per heavy atom. The maximum atomic E-state index is 12.8. The minimum atomic E-state index is -1.03. The van der Waals surface area contributed by atoms with E-state index in [0.29, 0.717) is 23.6 Å². The minimum absolute atomic E-state index is 0.172. The molecule has 0 aliphatic carbocycles. The van der Waals surface area contributed by atoms with Crippen molar-refractivity contribution in [2.75, 3.05) is 20.2 Å². The number of aliphatic carboxylic acids is 1. The summed E-state index contributed by atoms with van der Waals surface area (Å²) in [7, 11) is 1.58. The van der Waals surface area contributed by atoms with Crippen molar-refractivity contribution in [2.24, 2.45) is 5.92 Å². The third-order valence-electron chi connectivity index (χ3n) is 3.64. The predicted octanol–water partition coefficient (Wildman–Crippen LogP) is 2.73. The molecule has 128 valence electrons. The first-order valence-electron chi connectivity index (χ1n) is 7.78. The second kappa shape index (κ2) is 7.29. The number of methoxy groups -OCH3 is 1. The molecule has 0 saturated heterocycles. The van der Waals surface area contributed by atoms with E-state index in [2.05, 4.69) is 4.98 Å². The van der Waals surface area contributed by atoms with Crippen LogP contribution in [0.2, 0.25) is 0 Å². The van der Waals surface area contributed by atoms with Gasteiger partial charge in [0.25, 0.3) is 5.91 Å². The Kier molecular flexibility index (Phi) is 5.39. The number of hydrogen-bond acceptors (Lipinski definition) is 4. The first-order chi connectivity index (χ1) is 11.3. The third-order valence-corrected chi connectivity index (χ3v) is 3.64. The first kappa shape index (κ1) is 17.7. The van der Waals surface area contributed by atoms with Crippen molar-refractivity contribution in [1.29, 1.82) is 0 Å². The minimum Gasteiger partial charge on any atom is -0.497 e. The number of ether oxygens (including phenoxy) is 1. The van der Waals surface area contributed by atoms with Gasteiger partial charge in [0.2, 0.25) is 0 Å². The third kappa shape index (κ3) is 4.01. The zero-order valence-electron chi connectivity index (χ0n) is 14.4. The number of rotatable bonds is 6. The summed E-state index contributed by atoms with van der Waals surface area (Å²) in [6.07, 6.45) is 0. The fourth-order valence-electron chi connectivity index (χ4n) is 2.58. The smallest absolute Gasteiger partial charge is 0.323 e. The highest BCUT2D eigenvalue weighted by Gasteiger charge is 2.22. The molecular formula is C18H22N2O4. The lowest BCUT2D eigenvalue weighted by Crippen LogP contribution is -2.38. The average Bonchev–Trinajstić information content (AvgIpc) is 2.51. The Balaban J connectivity index is 2.43. The Hall–Kier alpha value is -2.63. The number of aromatic nitrogens is 1. The topological polar surface area (TPSA) is 79.7 Å². The Bertz CT molecular complexity index is 771. The van der Waals surface area contributed by atoms with Crippen LogP contribution in [-0.2, 0) is 4.79 Å². The van der Waals surface area contributed by atoms with Crippen molar-refractivity contribution < 1.29 is 19.4 Å². The zero-order chi connectivity index (χ0) is 17.9. The molecule has 1 heterocycles. The summed E-state index contributed by atoms with van der Waals surface area (Å²) in [6, 6.07) is 7.20. The summed E-state index contributed by atoms with van der Waals surface area (Å²) in [5.41, 5.74) is 1.73. The van der Waals surface area contributed by atoms with E-state index < -0.39 is 5.97 Å². The molecular weight excluding hydrogens is 308 g/mol. The summed E-state index contributed by atoms with van der Waals surface area (Å²) in [4.78, 5) is 29.7. The summed E-state index contributed by atoms with van der Waals surface area (Å²) in [5, 5.41) is 9.88. The van der Waals surface area contributed by atoms with Crippen molar-refractivity contribution in [2.45, 2.75) is 20.8 Å². The molecule has 24 heavy (non-hydrogen) atoms. The lowest BCUT2D eigenvalue weighted by atomic mass is 10.1. The van der Waals surface area contributed by atoms with Crippen LogP contribution in [0, 0.1) is 12.8 Å². The monoisotopic (exact) mass is 330 g/mol. The number of carboxylic acids is 1. The quantitative estimate of drug-likeness (QED) is 0.881. The van der Waals surface area contributed by atoms with Gasteiger partial charge in [-0.25, -0.2) is 0 Å². The molecule has 2 aromatic rings. The van der Waals surface area contributed by atoms with Crippen LogP contribution in [0.5, 0.6) is 5.75 Å². The fraction of sp³-hybridized carbons (Fsp3) is 0.389. The molecule has 1 aromatic heterocycles. The van der Waals surface area contributed by atoms with Gasteiger partial charge < -0.3 is 14.7 Å². The molecule has 0 saturated carbocycles. The van der Waals surface area contributed by atoms with Crippen molar-refractivity contribution in [3.63, 3.8) is 0 Å². The zero-order valence-corrected chi connectivity index (χ0v) is 14.4. The van der Waals surface area contributed by atoms with Gasteiger partial charge in [0.1, 0.15) is 12.3 Å². The number of carbonyl (C=O) groups is 2. The van der Waals surface area contributed by atoms with Gasteiger partial charge >= 0.3 is 5.97 Å². The molecule has 6 nitrogen and oxygen atoms in total. The van der Waals surface area contributed by atoms with Gasteiger partial charge in [0.15, 0.2) is 0 Å². The number of carbonyl (C=O) groups excluding carboxylic acids is 1. The van der Waals surface area contributed by atoms with Crippen molar-refractivity contribution in [3.8, 4) is 5.75 Å². The highest BCUT2D eigenvalue weighted by Crippen LogP contribution is 2.22. The molecule has 0 unspecified atom stereocenters. The van der Waals surface area contributed by atoms with E-state index in [-0.39, 0.29) is 18.4 Å². The molecule has 6 heteroatoms. The Labute approximate surface area is 141 Å².